The fourth-order valence-corrected chi connectivity index (χ4v) is 3.85. The third kappa shape index (κ3) is 4.25. The first-order chi connectivity index (χ1) is 14.1. The van der Waals surface area contributed by atoms with Crippen molar-refractivity contribution in [2.24, 2.45) is 0 Å². The maximum absolute atomic E-state index is 12.7. The summed E-state index contributed by atoms with van der Waals surface area (Å²) >= 11 is 1.70. The van der Waals surface area contributed by atoms with E-state index in [2.05, 4.69) is 34.3 Å². The lowest BCUT2D eigenvalue weighted by Gasteiger charge is -2.04. The van der Waals surface area contributed by atoms with Gasteiger partial charge in [-0.3, -0.25) is 14.7 Å². The number of benzene rings is 2. The number of rotatable bonds is 6. The number of aromatic nitrogens is 3. The second-order valence-corrected chi connectivity index (χ2v) is 7.61. The summed E-state index contributed by atoms with van der Waals surface area (Å²) in [5, 5.41) is 2.98. The Morgan fingerprint density at radius 3 is 2.55 bits per heavy atom. The summed E-state index contributed by atoms with van der Waals surface area (Å²) in [5.74, 6) is -0.366. The molecule has 0 aliphatic carbocycles. The molecule has 0 radical (unpaired) electrons. The fraction of sp³-hybridized carbons (Fsp3) is 0.136. The lowest BCUT2D eigenvalue weighted by molar-refractivity contribution is -0.140. The number of nitrogens with zero attached hydrogens (tertiary/aromatic N) is 2. The maximum Gasteiger partial charge on any atom is 0.302 e. The quantitative estimate of drug-likeness (QED) is 0.492. The lowest BCUT2D eigenvalue weighted by atomic mass is 10.1. The third-order valence-electron chi connectivity index (χ3n) is 4.43. The van der Waals surface area contributed by atoms with Gasteiger partial charge in [-0.2, -0.15) is 0 Å². The summed E-state index contributed by atoms with van der Waals surface area (Å²) < 4.78 is 6.34. The Kier molecular flexibility index (Phi) is 5.48. The van der Waals surface area contributed by atoms with Crippen LogP contribution in [0.4, 0.5) is 0 Å². The zero-order valence-corrected chi connectivity index (χ0v) is 16.6. The molecule has 6 nitrogen and oxygen atoms in total. The average molecular weight is 405 g/mol. The van der Waals surface area contributed by atoms with E-state index in [1.54, 1.807) is 24.2 Å². The molecule has 146 valence electrons. The number of esters is 1. The highest BCUT2D eigenvalue weighted by Gasteiger charge is 2.12. The highest BCUT2D eigenvalue weighted by molar-refractivity contribution is 7.99. The smallest absolute Gasteiger partial charge is 0.302 e. The van der Waals surface area contributed by atoms with Crippen LogP contribution in [-0.2, 0) is 16.0 Å². The number of carbonyl (C=O) groups is 1. The molecule has 0 aliphatic rings. The van der Waals surface area contributed by atoms with Crippen LogP contribution in [0.1, 0.15) is 12.5 Å². The summed E-state index contributed by atoms with van der Waals surface area (Å²) in [4.78, 5) is 30.3. The van der Waals surface area contributed by atoms with Crippen LogP contribution >= 0.6 is 11.8 Å². The van der Waals surface area contributed by atoms with Crippen LogP contribution in [0, 0.1) is 0 Å². The number of hydrogen-bond acceptors (Lipinski definition) is 5. The van der Waals surface area contributed by atoms with E-state index in [-0.39, 0.29) is 18.1 Å². The van der Waals surface area contributed by atoms with E-state index >= 15 is 0 Å². The van der Waals surface area contributed by atoms with Gasteiger partial charge in [0.15, 0.2) is 5.65 Å². The standard InChI is InChI=1S/C22H19N3O3S/c1-15(26)28-12-11-17-13-23-21-20(14-24-25(21)22(17)27)16-7-9-19(10-8-16)29-18-5-3-2-4-6-18/h2-10,13-14,24H,11-12H2,1H3. The molecule has 0 unspecified atom stereocenters. The second-order valence-electron chi connectivity index (χ2n) is 6.46. The Bertz CT molecular complexity index is 1200. The Balaban J connectivity index is 1.57. The van der Waals surface area contributed by atoms with Gasteiger partial charge >= 0.3 is 5.97 Å². The molecular weight excluding hydrogens is 386 g/mol. The van der Waals surface area contributed by atoms with Gasteiger partial charge in [-0.15, -0.1) is 0 Å². The minimum atomic E-state index is -0.366. The van der Waals surface area contributed by atoms with Crippen LogP contribution in [0.5, 0.6) is 0 Å². The van der Waals surface area contributed by atoms with Gasteiger partial charge < -0.3 is 4.74 Å². The monoisotopic (exact) mass is 405 g/mol. The van der Waals surface area contributed by atoms with Crippen LogP contribution in [0.2, 0.25) is 0 Å². The molecule has 0 bridgehead atoms. The molecular formula is C22H19N3O3S. The summed E-state index contributed by atoms with van der Waals surface area (Å²) in [7, 11) is 0. The van der Waals surface area contributed by atoms with E-state index in [0.717, 1.165) is 16.0 Å². The molecule has 2 heterocycles. The molecule has 0 atom stereocenters. The SMILES string of the molecule is CC(=O)OCCc1cnc2c(-c3ccc(Sc4ccccc4)cc3)c[nH]n2c1=O. The molecule has 0 amide bonds. The van der Waals surface area contributed by atoms with E-state index in [0.29, 0.717) is 17.6 Å². The van der Waals surface area contributed by atoms with Gasteiger partial charge in [0.25, 0.3) is 5.56 Å². The predicted octanol–water partition coefficient (Wildman–Crippen LogP) is 3.95. The lowest BCUT2D eigenvalue weighted by Crippen LogP contribution is -2.21. The molecule has 4 aromatic rings. The van der Waals surface area contributed by atoms with Crippen molar-refractivity contribution in [2.75, 3.05) is 6.61 Å². The zero-order valence-electron chi connectivity index (χ0n) is 15.8. The number of nitrogens with one attached hydrogen (secondary N) is 1. The van der Waals surface area contributed by atoms with Crippen molar-refractivity contribution < 1.29 is 9.53 Å². The second kappa shape index (κ2) is 8.36. The Labute approximate surface area is 171 Å². The van der Waals surface area contributed by atoms with Gasteiger partial charge in [-0.1, -0.05) is 42.1 Å². The van der Waals surface area contributed by atoms with Crippen molar-refractivity contribution in [3.05, 3.63) is 82.9 Å². The maximum atomic E-state index is 12.7. The highest BCUT2D eigenvalue weighted by atomic mass is 32.2. The number of hydrogen-bond donors (Lipinski definition) is 1. The van der Waals surface area contributed by atoms with Crippen LogP contribution < -0.4 is 5.56 Å². The molecule has 2 aromatic carbocycles. The highest BCUT2D eigenvalue weighted by Crippen LogP contribution is 2.30. The number of ether oxygens (including phenoxy) is 1. The Morgan fingerprint density at radius 2 is 1.83 bits per heavy atom. The molecule has 0 saturated carbocycles. The molecule has 29 heavy (non-hydrogen) atoms. The third-order valence-corrected chi connectivity index (χ3v) is 5.45. The largest absolute Gasteiger partial charge is 0.466 e. The van der Waals surface area contributed by atoms with Gasteiger partial charge in [0, 0.05) is 46.7 Å². The van der Waals surface area contributed by atoms with Gasteiger partial charge in [0.2, 0.25) is 0 Å². The fourth-order valence-electron chi connectivity index (χ4n) is 3.01. The molecule has 0 fully saturated rings. The molecule has 0 aliphatic heterocycles. The van der Waals surface area contributed by atoms with E-state index in [1.165, 1.54) is 16.3 Å². The number of aromatic amines is 1. The Morgan fingerprint density at radius 1 is 1.10 bits per heavy atom. The van der Waals surface area contributed by atoms with E-state index in [4.69, 9.17) is 4.74 Å². The van der Waals surface area contributed by atoms with Crippen LogP contribution in [-0.4, -0.2) is 27.2 Å². The molecule has 2 aromatic heterocycles. The molecule has 4 rings (SSSR count). The normalized spacial score (nSPS) is 10.9. The Hall–Kier alpha value is -3.32. The summed E-state index contributed by atoms with van der Waals surface area (Å²) in [5.41, 5.74) is 2.69. The summed E-state index contributed by atoms with van der Waals surface area (Å²) in [6, 6.07) is 18.4. The van der Waals surface area contributed by atoms with Crippen molar-refractivity contribution in [2.45, 2.75) is 23.1 Å². The van der Waals surface area contributed by atoms with Crippen molar-refractivity contribution in [1.82, 2.24) is 14.6 Å². The van der Waals surface area contributed by atoms with Crippen LogP contribution in [0.3, 0.4) is 0 Å². The molecule has 0 spiro atoms. The van der Waals surface area contributed by atoms with Crippen molar-refractivity contribution in [3.63, 3.8) is 0 Å². The van der Waals surface area contributed by atoms with Crippen LogP contribution in [0.25, 0.3) is 16.8 Å². The van der Waals surface area contributed by atoms with Gasteiger partial charge in [-0.25, -0.2) is 9.50 Å². The van der Waals surface area contributed by atoms with Crippen molar-refractivity contribution in [1.29, 1.82) is 0 Å². The molecule has 0 saturated heterocycles. The van der Waals surface area contributed by atoms with Gasteiger partial charge in [0.05, 0.1) is 6.61 Å². The van der Waals surface area contributed by atoms with E-state index < -0.39 is 0 Å². The van der Waals surface area contributed by atoms with Crippen molar-refractivity contribution in [3.8, 4) is 11.1 Å². The first-order valence-electron chi connectivity index (χ1n) is 9.16. The molecule has 7 heteroatoms. The topological polar surface area (TPSA) is 76.5 Å². The summed E-state index contributed by atoms with van der Waals surface area (Å²) in [6.07, 6.45) is 3.66. The first-order valence-corrected chi connectivity index (χ1v) is 9.98. The van der Waals surface area contributed by atoms with E-state index in [1.807, 2.05) is 30.3 Å². The minimum Gasteiger partial charge on any atom is -0.466 e. The van der Waals surface area contributed by atoms with Gasteiger partial charge in [-0.05, 0) is 29.8 Å². The minimum absolute atomic E-state index is 0.159. The number of carbonyl (C=O) groups excluding carboxylic acids is 1. The predicted molar refractivity (Wildman–Crippen MR) is 112 cm³/mol. The van der Waals surface area contributed by atoms with Crippen molar-refractivity contribution >= 4 is 23.4 Å². The van der Waals surface area contributed by atoms with Crippen LogP contribution in [0.15, 0.2) is 81.6 Å². The van der Waals surface area contributed by atoms with Gasteiger partial charge in [0.1, 0.15) is 0 Å². The number of fused-ring (bicyclic) bond motifs is 1. The van der Waals surface area contributed by atoms with E-state index in [9.17, 15) is 9.59 Å². The number of H-pyrrole nitrogens is 1. The zero-order chi connectivity index (χ0) is 20.2. The molecule has 1 N–H and O–H groups in total. The summed E-state index contributed by atoms with van der Waals surface area (Å²) in [6.45, 7) is 1.50. The average Bonchev–Trinajstić information content (AvgIpc) is 3.16. The first kappa shape index (κ1) is 19.0.